The van der Waals surface area contributed by atoms with E-state index in [4.69, 9.17) is 0 Å². The van der Waals surface area contributed by atoms with E-state index >= 15 is 0 Å². The minimum Gasteiger partial charge on any atom is -0.366 e. The number of aliphatic imine (C=N–C) groups is 1. The molecule has 1 aromatic carbocycles. The first-order valence-corrected chi connectivity index (χ1v) is 5.97. The Hall–Kier alpha value is -1.84. The molecule has 0 radical (unpaired) electrons. The summed E-state index contributed by atoms with van der Waals surface area (Å²) in [5, 5.41) is 5.87. The molecule has 0 bridgehead atoms. The SMILES string of the molecule is O=C(NCCc1ccccc1)C1=NCCCN1. The van der Waals surface area contributed by atoms with Crippen molar-refractivity contribution >= 4 is 11.7 Å². The molecular formula is C13H17N3O. The molecule has 2 rings (SSSR count). The van der Waals surface area contributed by atoms with Gasteiger partial charge in [-0.2, -0.15) is 0 Å². The van der Waals surface area contributed by atoms with Gasteiger partial charge in [0.15, 0.2) is 5.84 Å². The molecule has 1 aliphatic heterocycles. The molecule has 0 spiro atoms. The van der Waals surface area contributed by atoms with Crippen molar-refractivity contribution in [3.63, 3.8) is 0 Å². The van der Waals surface area contributed by atoms with Crippen LogP contribution in [0.4, 0.5) is 0 Å². The molecule has 17 heavy (non-hydrogen) atoms. The molecule has 0 saturated carbocycles. The first kappa shape index (κ1) is 11.6. The van der Waals surface area contributed by atoms with E-state index in [1.807, 2.05) is 18.2 Å². The van der Waals surface area contributed by atoms with Crippen LogP contribution < -0.4 is 10.6 Å². The van der Waals surface area contributed by atoms with Gasteiger partial charge in [-0.05, 0) is 18.4 Å². The summed E-state index contributed by atoms with van der Waals surface area (Å²) in [6.07, 6.45) is 1.85. The van der Waals surface area contributed by atoms with Crippen LogP contribution in [0.5, 0.6) is 0 Å². The lowest BCUT2D eigenvalue weighted by Crippen LogP contribution is -2.43. The minimum atomic E-state index is -0.0966. The third-order valence-corrected chi connectivity index (χ3v) is 2.65. The van der Waals surface area contributed by atoms with E-state index in [2.05, 4.69) is 27.8 Å². The topological polar surface area (TPSA) is 53.5 Å². The first-order chi connectivity index (χ1) is 8.36. The predicted octanol–water partition coefficient (Wildman–Crippen LogP) is 0.737. The predicted molar refractivity (Wildman–Crippen MR) is 68.1 cm³/mol. The van der Waals surface area contributed by atoms with Gasteiger partial charge in [0.2, 0.25) is 0 Å². The highest BCUT2D eigenvalue weighted by Crippen LogP contribution is 1.98. The van der Waals surface area contributed by atoms with Gasteiger partial charge in [0.25, 0.3) is 5.91 Å². The van der Waals surface area contributed by atoms with Crippen LogP contribution in [0.3, 0.4) is 0 Å². The van der Waals surface area contributed by atoms with Crippen LogP contribution >= 0.6 is 0 Å². The Morgan fingerprint density at radius 1 is 1.35 bits per heavy atom. The van der Waals surface area contributed by atoms with Gasteiger partial charge >= 0.3 is 0 Å². The van der Waals surface area contributed by atoms with Crippen LogP contribution in [0.1, 0.15) is 12.0 Å². The maximum absolute atomic E-state index is 11.7. The number of hydrogen-bond acceptors (Lipinski definition) is 3. The summed E-state index contributed by atoms with van der Waals surface area (Å²) in [7, 11) is 0. The van der Waals surface area contributed by atoms with Gasteiger partial charge < -0.3 is 10.6 Å². The van der Waals surface area contributed by atoms with Gasteiger partial charge in [-0.3, -0.25) is 9.79 Å². The van der Waals surface area contributed by atoms with Crippen molar-refractivity contribution < 1.29 is 4.79 Å². The molecular weight excluding hydrogens is 214 g/mol. The second-order valence-electron chi connectivity index (χ2n) is 4.00. The van der Waals surface area contributed by atoms with Crippen molar-refractivity contribution in [3.05, 3.63) is 35.9 Å². The Morgan fingerprint density at radius 2 is 2.18 bits per heavy atom. The second kappa shape index (κ2) is 6.03. The molecule has 0 aliphatic carbocycles. The molecule has 0 aromatic heterocycles. The van der Waals surface area contributed by atoms with Crippen molar-refractivity contribution in [2.45, 2.75) is 12.8 Å². The maximum atomic E-state index is 11.7. The number of nitrogens with one attached hydrogen (secondary N) is 2. The zero-order valence-corrected chi connectivity index (χ0v) is 9.78. The molecule has 0 unspecified atom stereocenters. The number of amides is 1. The van der Waals surface area contributed by atoms with Crippen molar-refractivity contribution in [2.24, 2.45) is 4.99 Å². The van der Waals surface area contributed by atoms with E-state index < -0.39 is 0 Å². The average molecular weight is 231 g/mol. The van der Waals surface area contributed by atoms with Crippen molar-refractivity contribution in [2.75, 3.05) is 19.6 Å². The van der Waals surface area contributed by atoms with Crippen LogP contribution in [-0.4, -0.2) is 31.4 Å². The Labute approximate surface area is 101 Å². The Bertz CT molecular complexity index is 400. The summed E-state index contributed by atoms with van der Waals surface area (Å²) in [5.74, 6) is 0.380. The van der Waals surface area contributed by atoms with Crippen LogP contribution in [0.2, 0.25) is 0 Å². The fourth-order valence-corrected chi connectivity index (χ4v) is 1.73. The smallest absolute Gasteiger partial charge is 0.286 e. The van der Waals surface area contributed by atoms with Crippen molar-refractivity contribution in [1.82, 2.24) is 10.6 Å². The lowest BCUT2D eigenvalue weighted by atomic mass is 10.1. The number of hydrogen-bond donors (Lipinski definition) is 2. The fourth-order valence-electron chi connectivity index (χ4n) is 1.73. The molecule has 1 amide bonds. The third kappa shape index (κ3) is 3.59. The summed E-state index contributed by atoms with van der Waals surface area (Å²) in [4.78, 5) is 15.8. The Balaban J connectivity index is 1.75. The highest BCUT2D eigenvalue weighted by molar-refractivity contribution is 6.37. The number of carbonyl (C=O) groups is 1. The Kier molecular flexibility index (Phi) is 4.13. The number of rotatable bonds is 4. The van der Waals surface area contributed by atoms with Crippen molar-refractivity contribution in [1.29, 1.82) is 0 Å². The van der Waals surface area contributed by atoms with E-state index in [1.165, 1.54) is 5.56 Å². The molecule has 2 N–H and O–H groups in total. The number of carbonyl (C=O) groups excluding carboxylic acids is 1. The molecule has 0 fully saturated rings. The van der Waals surface area contributed by atoms with E-state index in [-0.39, 0.29) is 5.91 Å². The number of benzene rings is 1. The normalized spacial score (nSPS) is 14.7. The zero-order valence-electron chi connectivity index (χ0n) is 9.78. The van der Waals surface area contributed by atoms with Gasteiger partial charge in [0.05, 0.1) is 0 Å². The van der Waals surface area contributed by atoms with E-state index in [9.17, 15) is 4.79 Å². The lowest BCUT2D eigenvalue weighted by Gasteiger charge is -2.13. The summed E-state index contributed by atoms with van der Waals surface area (Å²) >= 11 is 0. The summed E-state index contributed by atoms with van der Waals surface area (Å²) < 4.78 is 0. The molecule has 0 saturated heterocycles. The highest BCUT2D eigenvalue weighted by Gasteiger charge is 2.12. The van der Waals surface area contributed by atoms with Gasteiger partial charge in [-0.1, -0.05) is 30.3 Å². The van der Waals surface area contributed by atoms with Crippen molar-refractivity contribution in [3.8, 4) is 0 Å². The van der Waals surface area contributed by atoms with Crippen LogP contribution in [-0.2, 0) is 11.2 Å². The first-order valence-electron chi connectivity index (χ1n) is 5.97. The lowest BCUT2D eigenvalue weighted by molar-refractivity contribution is -0.115. The highest BCUT2D eigenvalue weighted by atomic mass is 16.2. The van der Waals surface area contributed by atoms with E-state index in [1.54, 1.807) is 0 Å². The second-order valence-corrected chi connectivity index (χ2v) is 4.00. The van der Waals surface area contributed by atoms with Crippen LogP contribution in [0, 0.1) is 0 Å². The molecule has 4 nitrogen and oxygen atoms in total. The zero-order chi connectivity index (χ0) is 11.9. The van der Waals surface area contributed by atoms with Crippen LogP contribution in [0.25, 0.3) is 0 Å². The number of nitrogens with zero attached hydrogens (tertiary/aromatic N) is 1. The summed E-state index contributed by atoms with van der Waals surface area (Å²) in [5.41, 5.74) is 1.23. The van der Waals surface area contributed by atoms with Gasteiger partial charge in [0, 0.05) is 19.6 Å². The van der Waals surface area contributed by atoms with E-state index in [0.29, 0.717) is 12.4 Å². The molecule has 1 heterocycles. The summed E-state index contributed by atoms with van der Waals surface area (Å²) in [6, 6.07) is 10.1. The van der Waals surface area contributed by atoms with Crippen LogP contribution in [0.15, 0.2) is 35.3 Å². The van der Waals surface area contributed by atoms with Gasteiger partial charge in [-0.15, -0.1) is 0 Å². The quantitative estimate of drug-likeness (QED) is 0.803. The summed E-state index contributed by atoms with van der Waals surface area (Å²) in [6.45, 7) is 2.23. The minimum absolute atomic E-state index is 0.0966. The van der Waals surface area contributed by atoms with E-state index in [0.717, 1.165) is 25.9 Å². The van der Waals surface area contributed by atoms with Gasteiger partial charge in [0.1, 0.15) is 0 Å². The maximum Gasteiger partial charge on any atom is 0.286 e. The molecule has 1 aliphatic rings. The molecule has 0 atom stereocenters. The Morgan fingerprint density at radius 3 is 2.88 bits per heavy atom. The third-order valence-electron chi connectivity index (χ3n) is 2.65. The molecule has 90 valence electrons. The standard InChI is InChI=1S/C13H17N3O/c17-13(12-14-8-4-9-15-12)16-10-7-11-5-2-1-3-6-11/h1-3,5-6H,4,7-10H2,(H,14,15)(H,16,17). The number of amidine groups is 1. The monoisotopic (exact) mass is 231 g/mol. The largest absolute Gasteiger partial charge is 0.366 e. The average Bonchev–Trinajstić information content (AvgIpc) is 2.41. The van der Waals surface area contributed by atoms with Gasteiger partial charge in [-0.25, -0.2) is 0 Å². The molecule has 1 aromatic rings. The fraction of sp³-hybridized carbons (Fsp3) is 0.385. The molecule has 4 heteroatoms.